The van der Waals surface area contributed by atoms with Crippen LogP contribution in [0.2, 0.25) is 0 Å². The number of hydrogen-bond acceptors (Lipinski definition) is 6. The van der Waals surface area contributed by atoms with Crippen LogP contribution in [0.1, 0.15) is 24.1 Å². The Kier molecular flexibility index (Phi) is 3.67. The Morgan fingerprint density at radius 1 is 1.44 bits per heavy atom. The van der Waals surface area contributed by atoms with Crippen LogP contribution in [-0.2, 0) is 27.3 Å². The predicted octanol–water partition coefficient (Wildman–Crippen LogP) is -1.38. The highest BCUT2D eigenvalue weighted by molar-refractivity contribution is 5.92. The maximum absolute atomic E-state index is 13.4. The maximum atomic E-state index is 13.4. The topological polar surface area (TPSA) is 122 Å². The molecule has 4 atom stereocenters. The predicted molar refractivity (Wildman–Crippen MR) is 93.4 cm³/mol. The van der Waals surface area contributed by atoms with Gasteiger partial charge in [-0.2, -0.15) is 0 Å². The van der Waals surface area contributed by atoms with Crippen molar-refractivity contribution < 1.29 is 14.3 Å². The number of rotatable bonds is 3. The molecule has 1 aromatic heterocycles. The summed E-state index contributed by atoms with van der Waals surface area (Å²) in [5.74, 6) is -0.920. The minimum atomic E-state index is -0.527. The number of amides is 2. The third-order valence-corrected chi connectivity index (χ3v) is 6.61. The van der Waals surface area contributed by atoms with Crippen molar-refractivity contribution in [3.05, 3.63) is 27.9 Å². The van der Waals surface area contributed by atoms with Gasteiger partial charge in [-0.05, 0) is 19.3 Å². The Balaban J connectivity index is 1.41. The van der Waals surface area contributed by atoms with E-state index in [1.807, 2.05) is 0 Å². The number of aromatic nitrogens is 2. The molecule has 2 bridgehead atoms. The summed E-state index contributed by atoms with van der Waals surface area (Å²) in [6.07, 6.45) is 3.28. The highest BCUT2D eigenvalue weighted by Crippen LogP contribution is 2.55. The molecule has 27 heavy (non-hydrogen) atoms. The van der Waals surface area contributed by atoms with E-state index in [1.165, 1.54) is 6.33 Å². The second kappa shape index (κ2) is 5.87. The summed E-state index contributed by atoms with van der Waals surface area (Å²) in [5.41, 5.74) is 6.26. The molecule has 3 saturated heterocycles. The molecule has 4 aliphatic heterocycles. The number of fused-ring (bicyclic) bond motifs is 2. The van der Waals surface area contributed by atoms with E-state index in [0.717, 1.165) is 12.8 Å². The van der Waals surface area contributed by atoms with Crippen LogP contribution < -0.4 is 11.3 Å². The van der Waals surface area contributed by atoms with Crippen molar-refractivity contribution in [1.29, 1.82) is 0 Å². The van der Waals surface area contributed by atoms with Crippen LogP contribution in [0.5, 0.6) is 0 Å². The molecule has 1 spiro atoms. The fraction of sp³-hybridized carbons (Fsp3) is 0.667. The number of carbonyl (C=O) groups is 2. The van der Waals surface area contributed by atoms with Gasteiger partial charge >= 0.3 is 0 Å². The molecule has 3 N–H and O–H groups in total. The lowest BCUT2D eigenvalue weighted by Gasteiger charge is -2.34. The average molecular weight is 373 g/mol. The van der Waals surface area contributed by atoms with Crippen molar-refractivity contribution >= 4 is 11.8 Å². The summed E-state index contributed by atoms with van der Waals surface area (Å²) in [6.45, 7) is 2.20. The fourth-order valence-electron chi connectivity index (χ4n) is 5.43. The Morgan fingerprint density at radius 2 is 2.30 bits per heavy atom. The summed E-state index contributed by atoms with van der Waals surface area (Å²) in [7, 11) is 0. The molecule has 0 unspecified atom stereocenters. The van der Waals surface area contributed by atoms with Gasteiger partial charge in [0, 0.05) is 25.2 Å². The highest BCUT2D eigenvalue weighted by Gasteiger charge is 2.69. The first kappa shape index (κ1) is 16.9. The van der Waals surface area contributed by atoms with Gasteiger partial charge in [-0.15, -0.1) is 0 Å². The SMILES string of the molecule is NCCN1C[C@]23CC[C@H](O2)[C@H](C(=O)N2CCc4c(nc[nH]c4=O)C2)[C@@H]3C1=O. The molecule has 0 aromatic carbocycles. The number of aromatic amines is 1. The molecule has 0 radical (unpaired) electrons. The number of nitrogens with two attached hydrogens (primary N) is 1. The number of nitrogens with zero attached hydrogens (tertiary/aromatic N) is 3. The van der Waals surface area contributed by atoms with Gasteiger partial charge in [-0.1, -0.05) is 0 Å². The van der Waals surface area contributed by atoms with Gasteiger partial charge < -0.3 is 25.3 Å². The van der Waals surface area contributed by atoms with Crippen molar-refractivity contribution in [3.8, 4) is 0 Å². The molecule has 0 aliphatic carbocycles. The van der Waals surface area contributed by atoms with Gasteiger partial charge in [0.05, 0.1) is 48.7 Å². The molecule has 9 heteroatoms. The molecule has 144 valence electrons. The molecule has 9 nitrogen and oxygen atoms in total. The van der Waals surface area contributed by atoms with Gasteiger partial charge in [-0.25, -0.2) is 4.98 Å². The van der Waals surface area contributed by atoms with E-state index < -0.39 is 17.4 Å². The number of likely N-dealkylation sites (tertiary alicyclic amines) is 1. The summed E-state index contributed by atoms with van der Waals surface area (Å²) >= 11 is 0. The van der Waals surface area contributed by atoms with Crippen molar-refractivity contribution in [1.82, 2.24) is 19.8 Å². The van der Waals surface area contributed by atoms with Gasteiger partial charge in [0.2, 0.25) is 11.8 Å². The van der Waals surface area contributed by atoms with E-state index in [-0.39, 0.29) is 23.5 Å². The lowest BCUT2D eigenvalue weighted by molar-refractivity contribution is -0.144. The standard InChI is InChI=1S/C18H23N5O4/c19-4-6-23-8-18-3-1-12(27-18)13(14(18)17(23)26)16(25)22-5-2-10-11(7-22)20-9-21-15(10)24/h9,12-14H,1-8,19H2,(H,20,21,24)/t12-,13-,14+,18-/m0/s1. The maximum Gasteiger partial charge on any atom is 0.254 e. The lowest BCUT2D eigenvalue weighted by Crippen LogP contribution is -2.49. The Morgan fingerprint density at radius 3 is 3.11 bits per heavy atom. The summed E-state index contributed by atoms with van der Waals surface area (Å²) < 4.78 is 6.22. The smallest absolute Gasteiger partial charge is 0.254 e. The first-order chi connectivity index (χ1) is 13.0. The third-order valence-electron chi connectivity index (χ3n) is 6.61. The van der Waals surface area contributed by atoms with Crippen LogP contribution in [0.25, 0.3) is 0 Å². The zero-order valence-electron chi connectivity index (χ0n) is 15.0. The Hall–Kier alpha value is -2.26. The van der Waals surface area contributed by atoms with Crippen LogP contribution >= 0.6 is 0 Å². The van der Waals surface area contributed by atoms with Crippen molar-refractivity contribution in [2.75, 3.05) is 26.2 Å². The number of H-pyrrole nitrogens is 1. The van der Waals surface area contributed by atoms with Crippen LogP contribution in [0, 0.1) is 11.8 Å². The first-order valence-electron chi connectivity index (χ1n) is 9.55. The molecule has 3 fully saturated rings. The molecule has 5 rings (SSSR count). The normalized spacial score (nSPS) is 34.1. The number of hydrogen-bond donors (Lipinski definition) is 2. The van der Waals surface area contributed by atoms with Crippen LogP contribution in [0.4, 0.5) is 0 Å². The van der Waals surface area contributed by atoms with Gasteiger partial charge in [0.25, 0.3) is 5.56 Å². The van der Waals surface area contributed by atoms with Gasteiger partial charge in [-0.3, -0.25) is 14.4 Å². The highest BCUT2D eigenvalue weighted by atomic mass is 16.5. The van der Waals surface area contributed by atoms with E-state index in [9.17, 15) is 14.4 Å². The zero-order chi connectivity index (χ0) is 18.8. The monoisotopic (exact) mass is 373 g/mol. The first-order valence-corrected chi connectivity index (χ1v) is 9.55. The minimum Gasteiger partial charge on any atom is -0.368 e. The summed E-state index contributed by atoms with van der Waals surface area (Å²) in [6, 6.07) is 0. The largest absolute Gasteiger partial charge is 0.368 e. The van der Waals surface area contributed by atoms with Gasteiger partial charge in [0.1, 0.15) is 0 Å². The van der Waals surface area contributed by atoms with Crippen molar-refractivity contribution in [3.63, 3.8) is 0 Å². The van der Waals surface area contributed by atoms with Crippen molar-refractivity contribution in [2.45, 2.75) is 37.5 Å². The second-order valence-corrected chi connectivity index (χ2v) is 7.98. The Labute approximate surface area is 155 Å². The minimum absolute atomic E-state index is 0.00650. The molecule has 5 heterocycles. The van der Waals surface area contributed by atoms with Crippen LogP contribution in [0.15, 0.2) is 11.1 Å². The van der Waals surface area contributed by atoms with E-state index in [2.05, 4.69) is 9.97 Å². The fourth-order valence-corrected chi connectivity index (χ4v) is 5.43. The third kappa shape index (κ3) is 2.31. The second-order valence-electron chi connectivity index (χ2n) is 7.98. The van der Waals surface area contributed by atoms with Gasteiger partial charge in [0.15, 0.2) is 0 Å². The number of carbonyl (C=O) groups excluding carboxylic acids is 2. The van der Waals surface area contributed by atoms with E-state index in [0.29, 0.717) is 50.4 Å². The quantitative estimate of drug-likeness (QED) is 0.673. The lowest BCUT2D eigenvalue weighted by atomic mass is 9.72. The van der Waals surface area contributed by atoms with E-state index >= 15 is 0 Å². The van der Waals surface area contributed by atoms with Crippen LogP contribution in [-0.4, -0.2) is 69.5 Å². The zero-order valence-corrected chi connectivity index (χ0v) is 15.0. The molecule has 4 aliphatic rings. The molecular formula is C18H23N5O4. The number of ether oxygens (including phenoxy) is 1. The average Bonchev–Trinajstić information content (AvgIpc) is 3.30. The Bertz CT molecular complexity index is 870. The van der Waals surface area contributed by atoms with Crippen LogP contribution in [0.3, 0.4) is 0 Å². The molecular weight excluding hydrogens is 350 g/mol. The number of nitrogens with one attached hydrogen (secondary N) is 1. The molecule has 2 amide bonds. The van der Waals surface area contributed by atoms with E-state index in [4.69, 9.17) is 10.5 Å². The van der Waals surface area contributed by atoms with E-state index in [1.54, 1.807) is 9.80 Å². The summed E-state index contributed by atoms with van der Waals surface area (Å²) in [4.78, 5) is 48.5. The van der Waals surface area contributed by atoms with Crippen molar-refractivity contribution in [2.24, 2.45) is 17.6 Å². The molecule has 0 saturated carbocycles. The molecule has 1 aromatic rings. The summed E-state index contributed by atoms with van der Waals surface area (Å²) in [5, 5.41) is 0.